The first-order valence-corrected chi connectivity index (χ1v) is 6.15. The molecule has 0 N–H and O–H groups in total. The van der Waals surface area contributed by atoms with Gasteiger partial charge >= 0.3 is 0 Å². The number of thioether (sulfide) groups is 1. The Hall–Kier alpha value is -0.870. The van der Waals surface area contributed by atoms with Crippen LogP contribution in [-0.2, 0) is 5.75 Å². The van der Waals surface area contributed by atoms with Crippen molar-refractivity contribution in [2.75, 3.05) is 0 Å². The summed E-state index contributed by atoms with van der Waals surface area (Å²) in [7, 11) is 0. The molecule has 1 aromatic carbocycles. The van der Waals surface area contributed by atoms with Gasteiger partial charge in [-0.2, -0.15) is 0 Å². The molecule has 2 aromatic rings. The number of benzene rings is 1. The summed E-state index contributed by atoms with van der Waals surface area (Å²) in [6.45, 7) is 2.10. The van der Waals surface area contributed by atoms with E-state index in [1.807, 2.05) is 0 Å². The van der Waals surface area contributed by atoms with E-state index in [9.17, 15) is 0 Å². The highest BCUT2D eigenvalue weighted by atomic mass is 32.2. The van der Waals surface area contributed by atoms with Crippen molar-refractivity contribution in [2.45, 2.75) is 17.0 Å². The quantitative estimate of drug-likeness (QED) is 0.746. The second-order valence-electron chi connectivity index (χ2n) is 2.98. The third kappa shape index (κ3) is 2.56. The predicted molar refractivity (Wildman–Crippen MR) is 60.6 cm³/mol. The van der Waals surface area contributed by atoms with Gasteiger partial charge in [0.1, 0.15) is 5.51 Å². The Kier molecular flexibility index (Phi) is 3.16. The Labute approximate surface area is 91.4 Å². The number of rotatable bonds is 3. The van der Waals surface area contributed by atoms with E-state index >= 15 is 0 Å². The molecule has 0 fully saturated rings. The molecule has 0 aliphatic rings. The molecule has 4 heteroatoms. The van der Waals surface area contributed by atoms with Crippen LogP contribution in [0.4, 0.5) is 0 Å². The normalized spacial score (nSPS) is 10.4. The van der Waals surface area contributed by atoms with Crippen molar-refractivity contribution in [3.63, 3.8) is 0 Å². The summed E-state index contributed by atoms with van der Waals surface area (Å²) in [5.74, 6) is 0.968. The number of hydrogen-bond donors (Lipinski definition) is 0. The van der Waals surface area contributed by atoms with Crippen LogP contribution < -0.4 is 0 Å². The fourth-order valence-electron chi connectivity index (χ4n) is 1.06. The van der Waals surface area contributed by atoms with E-state index in [1.54, 1.807) is 28.6 Å². The van der Waals surface area contributed by atoms with Gasteiger partial charge in [0.25, 0.3) is 0 Å². The smallest absolute Gasteiger partial charge is 0.146 e. The molecule has 72 valence electrons. The van der Waals surface area contributed by atoms with Gasteiger partial charge in [-0.25, -0.2) is 0 Å². The summed E-state index contributed by atoms with van der Waals surface area (Å²) in [4.78, 5) is 0. The minimum Gasteiger partial charge on any atom is -0.146 e. The van der Waals surface area contributed by atoms with Crippen LogP contribution in [0.5, 0.6) is 0 Å². The molecule has 0 aliphatic carbocycles. The highest BCUT2D eigenvalue weighted by molar-refractivity contribution is 8.00. The molecule has 0 spiro atoms. The summed E-state index contributed by atoms with van der Waals surface area (Å²) < 4.78 is 1.03. The number of aromatic nitrogens is 2. The summed E-state index contributed by atoms with van der Waals surface area (Å²) in [6, 6.07) is 8.58. The van der Waals surface area contributed by atoms with Crippen molar-refractivity contribution in [1.82, 2.24) is 10.2 Å². The standard InChI is InChI=1S/C10H10N2S2/c1-8-2-4-9(5-3-8)6-13-10-12-11-7-14-10/h2-5,7H,6H2,1H3. The van der Waals surface area contributed by atoms with Crippen LogP contribution in [0.2, 0.25) is 0 Å². The van der Waals surface area contributed by atoms with Gasteiger partial charge in [-0.15, -0.1) is 10.2 Å². The van der Waals surface area contributed by atoms with Crippen LogP contribution >= 0.6 is 23.1 Å². The predicted octanol–water partition coefficient (Wildman–Crippen LogP) is 3.14. The molecule has 0 amide bonds. The molecule has 0 unspecified atom stereocenters. The van der Waals surface area contributed by atoms with E-state index in [0.717, 1.165) is 10.1 Å². The average molecular weight is 222 g/mol. The first kappa shape index (κ1) is 9.68. The molecule has 2 rings (SSSR count). The van der Waals surface area contributed by atoms with E-state index in [2.05, 4.69) is 41.4 Å². The second kappa shape index (κ2) is 4.57. The minimum absolute atomic E-state index is 0.968. The van der Waals surface area contributed by atoms with Crippen LogP contribution in [0.3, 0.4) is 0 Å². The van der Waals surface area contributed by atoms with Gasteiger partial charge in [0.05, 0.1) is 0 Å². The third-order valence-corrected chi connectivity index (χ3v) is 3.75. The zero-order chi connectivity index (χ0) is 9.80. The lowest BCUT2D eigenvalue weighted by Crippen LogP contribution is -1.80. The van der Waals surface area contributed by atoms with Gasteiger partial charge in [-0.1, -0.05) is 52.9 Å². The molecule has 14 heavy (non-hydrogen) atoms. The lowest BCUT2D eigenvalue weighted by Gasteiger charge is -1.98. The van der Waals surface area contributed by atoms with Crippen LogP contribution in [0, 0.1) is 6.92 Å². The fraction of sp³-hybridized carbons (Fsp3) is 0.200. The van der Waals surface area contributed by atoms with Crippen LogP contribution in [-0.4, -0.2) is 10.2 Å². The largest absolute Gasteiger partial charge is 0.174 e. The maximum absolute atomic E-state index is 3.98. The lowest BCUT2D eigenvalue weighted by atomic mass is 10.2. The van der Waals surface area contributed by atoms with Gasteiger partial charge in [-0.05, 0) is 12.5 Å². The van der Waals surface area contributed by atoms with Gasteiger partial charge in [0.2, 0.25) is 0 Å². The summed E-state index contributed by atoms with van der Waals surface area (Å²) in [5.41, 5.74) is 4.39. The third-order valence-electron chi connectivity index (χ3n) is 1.82. The Morgan fingerprint density at radius 2 is 2.07 bits per heavy atom. The van der Waals surface area contributed by atoms with Crippen molar-refractivity contribution in [3.05, 3.63) is 40.9 Å². The molecule has 1 aromatic heterocycles. The maximum Gasteiger partial charge on any atom is 0.174 e. The number of aryl methyl sites for hydroxylation is 1. The van der Waals surface area contributed by atoms with Crippen LogP contribution in [0.25, 0.3) is 0 Å². The number of nitrogens with zero attached hydrogens (tertiary/aromatic N) is 2. The van der Waals surface area contributed by atoms with Crippen molar-refractivity contribution in [1.29, 1.82) is 0 Å². The molecular formula is C10H10N2S2. The van der Waals surface area contributed by atoms with Gasteiger partial charge in [-0.3, -0.25) is 0 Å². The topological polar surface area (TPSA) is 25.8 Å². The Morgan fingerprint density at radius 1 is 1.29 bits per heavy atom. The maximum atomic E-state index is 3.98. The summed E-state index contributed by atoms with van der Waals surface area (Å²) >= 11 is 3.32. The molecule has 1 heterocycles. The average Bonchev–Trinajstić information content (AvgIpc) is 2.70. The van der Waals surface area contributed by atoms with Crippen LogP contribution in [0.15, 0.2) is 34.1 Å². The van der Waals surface area contributed by atoms with Gasteiger partial charge in [0, 0.05) is 5.75 Å². The van der Waals surface area contributed by atoms with Crippen molar-refractivity contribution < 1.29 is 0 Å². The zero-order valence-electron chi connectivity index (χ0n) is 7.80. The van der Waals surface area contributed by atoms with Gasteiger partial charge < -0.3 is 0 Å². The molecule has 0 radical (unpaired) electrons. The molecular weight excluding hydrogens is 212 g/mol. The first-order chi connectivity index (χ1) is 6.84. The Morgan fingerprint density at radius 3 is 2.71 bits per heavy atom. The van der Waals surface area contributed by atoms with Crippen molar-refractivity contribution in [3.8, 4) is 0 Å². The summed E-state index contributed by atoms with van der Waals surface area (Å²) in [5, 5.41) is 7.78. The monoisotopic (exact) mass is 222 g/mol. The molecule has 0 bridgehead atoms. The van der Waals surface area contributed by atoms with E-state index < -0.39 is 0 Å². The first-order valence-electron chi connectivity index (χ1n) is 4.29. The van der Waals surface area contributed by atoms with E-state index in [1.165, 1.54) is 11.1 Å². The van der Waals surface area contributed by atoms with E-state index in [-0.39, 0.29) is 0 Å². The van der Waals surface area contributed by atoms with E-state index in [4.69, 9.17) is 0 Å². The van der Waals surface area contributed by atoms with Crippen molar-refractivity contribution in [2.24, 2.45) is 0 Å². The molecule has 0 saturated carbocycles. The number of hydrogen-bond acceptors (Lipinski definition) is 4. The highest BCUT2D eigenvalue weighted by Crippen LogP contribution is 2.23. The lowest BCUT2D eigenvalue weighted by molar-refractivity contribution is 1.01. The minimum atomic E-state index is 0.968. The molecule has 0 aliphatic heterocycles. The SMILES string of the molecule is Cc1ccc(CSc2nncs2)cc1. The van der Waals surface area contributed by atoms with Crippen molar-refractivity contribution >= 4 is 23.1 Å². The second-order valence-corrected chi connectivity index (χ2v) is 5.03. The summed E-state index contributed by atoms with van der Waals surface area (Å²) in [6.07, 6.45) is 0. The zero-order valence-corrected chi connectivity index (χ0v) is 9.44. The highest BCUT2D eigenvalue weighted by Gasteiger charge is 1.98. The molecule has 0 atom stereocenters. The van der Waals surface area contributed by atoms with Gasteiger partial charge in [0.15, 0.2) is 4.34 Å². The molecule has 2 nitrogen and oxygen atoms in total. The van der Waals surface area contributed by atoms with E-state index in [0.29, 0.717) is 0 Å². The Balaban J connectivity index is 1.95. The Bertz CT molecular complexity index is 381. The molecule has 0 saturated heterocycles. The fourth-order valence-corrected chi connectivity index (χ4v) is 2.50. The van der Waals surface area contributed by atoms with Crippen LogP contribution in [0.1, 0.15) is 11.1 Å².